The lowest BCUT2D eigenvalue weighted by molar-refractivity contribution is -0.144. The highest BCUT2D eigenvalue weighted by Crippen LogP contribution is 2.50. The Morgan fingerprint density at radius 2 is 2.12 bits per heavy atom. The molecule has 0 bridgehead atoms. The predicted molar refractivity (Wildman–Crippen MR) is 89.4 cm³/mol. The number of hydrogen-bond donors (Lipinski definition) is 0. The highest BCUT2D eigenvalue weighted by molar-refractivity contribution is 5.91. The molecule has 1 aliphatic rings. The normalized spacial score (nSPS) is 15.3. The number of allylic oxidation sites excluding steroid dienone is 1. The van der Waals surface area contributed by atoms with Crippen LogP contribution in [0.2, 0.25) is 0 Å². The van der Waals surface area contributed by atoms with Gasteiger partial charge < -0.3 is 4.74 Å². The van der Waals surface area contributed by atoms with Crippen molar-refractivity contribution in [1.82, 2.24) is 9.78 Å². The number of esters is 1. The van der Waals surface area contributed by atoms with Crippen LogP contribution >= 0.6 is 0 Å². The average molecular weight is 330 g/mol. The number of nitrogens with zero attached hydrogens (tertiary/aromatic N) is 2. The Morgan fingerprint density at radius 3 is 2.71 bits per heavy atom. The van der Waals surface area contributed by atoms with E-state index in [1.54, 1.807) is 32.0 Å². The number of hydrogen-bond acceptors (Lipinski definition) is 4. The molecule has 1 saturated carbocycles. The van der Waals surface area contributed by atoms with Crippen LogP contribution in [0.4, 0.5) is 4.39 Å². The first-order valence-electron chi connectivity index (χ1n) is 7.91. The third kappa shape index (κ3) is 2.84. The minimum Gasteiger partial charge on any atom is -0.465 e. The zero-order chi connectivity index (χ0) is 17.5. The Bertz CT molecular complexity index is 897. The summed E-state index contributed by atoms with van der Waals surface area (Å²) >= 11 is 0. The second kappa shape index (κ2) is 5.85. The SMILES string of the molecule is C=C(C)c1nn(CC(=O)OCC)c(=O)c2ccc(C3(F)CC3)cc12. The van der Waals surface area contributed by atoms with Gasteiger partial charge in [0.2, 0.25) is 0 Å². The molecule has 5 nitrogen and oxygen atoms in total. The lowest BCUT2D eigenvalue weighted by atomic mass is 10.0. The van der Waals surface area contributed by atoms with Gasteiger partial charge in [0.05, 0.1) is 17.7 Å². The van der Waals surface area contributed by atoms with Gasteiger partial charge in [-0.2, -0.15) is 5.10 Å². The van der Waals surface area contributed by atoms with Gasteiger partial charge in [0.1, 0.15) is 12.2 Å². The summed E-state index contributed by atoms with van der Waals surface area (Å²) in [4.78, 5) is 24.3. The fourth-order valence-corrected chi connectivity index (χ4v) is 2.71. The molecule has 0 amide bonds. The van der Waals surface area contributed by atoms with Crippen LogP contribution in [0.25, 0.3) is 16.3 Å². The summed E-state index contributed by atoms with van der Waals surface area (Å²) in [5.41, 5.74) is -0.0148. The topological polar surface area (TPSA) is 61.2 Å². The van der Waals surface area contributed by atoms with Gasteiger partial charge in [-0.15, -0.1) is 0 Å². The summed E-state index contributed by atoms with van der Waals surface area (Å²) in [6.45, 7) is 7.30. The fraction of sp³-hybridized carbons (Fsp3) is 0.389. The van der Waals surface area contributed by atoms with Gasteiger partial charge in [-0.25, -0.2) is 9.07 Å². The first-order valence-corrected chi connectivity index (χ1v) is 7.91. The number of fused-ring (bicyclic) bond motifs is 1. The van der Waals surface area contributed by atoms with Crippen LogP contribution in [-0.4, -0.2) is 22.4 Å². The third-order valence-electron chi connectivity index (χ3n) is 4.16. The summed E-state index contributed by atoms with van der Waals surface area (Å²) in [6.07, 6.45) is 0.989. The van der Waals surface area contributed by atoms with E-state index in [0.29, 0.717) is 40.4 Å². The molecule has 0 atom stereocenters. The van der Waals surface area contributed by atoms with Crippen molar-refractivity contribution in [2.45, 2.75) is 38.9 Å². The molecule has 0 radical (unpaired) electrons. The number of alkyl halides is 1. The molecule has 2 aromatic rings. The number of carbonyl (C=O) groups is 1. The minimum atomic E-state index is -1.29. The fourth-order valence-electron chi connectivity index (χ4n) is 2.71. The Hall–Kier alpha value is -2.50. The zero-order valence-corrected chi connectivity index (χ0v) is 13.8. The van der Waals surface area contributed by atoms with Gasteiger partial charge in [-0.05, 0) is 50.0 Å². The number of carbonyl (C=O) groups excluding carboxylic acids is 1. The maximum absolute atomic E-state index is 14.3. The standard InChI is InChI=1S/C18H19FN2O3/c1-4-24-15(22)10-21-17(23)13-6-5-12(18(19)7-8-18)9-14(13)16(20-21)11(2)3/h5-6,9H,2,4,7-8,10H2,1,3H3. The number of benzene rings is 1. The van der Waals surface area contributed by atoms with Gasteiger partial charge in [0, 0.05) is 5.39 Å². The van der Waals surface area contributed by atoms with Crippen LogP contribution in [-0.2, 0) is 21.7 Å². The minimum absolute atomic E-state index is 0.233. The molecule has 1 aromatic heterocycles. The summed E-state index contributed by atoms with van der Waals surface area (Å²) < 4.78 is 20.3. The van der Waals surface area contributed by atoms with E-state index in [1.165, 1.54) is 0 Å². The van der Waals surface area contributed by atoms with Gasteiger partial charge in [-0.3, -0.25) is 9.59 Å². The monoisotopic (exact) mass is 330 g/mol. The Kier molecular flexibility index (Phi) is 3.99. The largest absolute Gasteiger partial charge is 0.465 e. The number of rotatable bonds is 5. The Labute approximate surface area is 138 Å². The lowest BCUT2D eigenvalue weighted by Gasteiger charge is -2.13. The van der Waals surface area contributed by atoms with Crippen LogP contribution in [0.15, 0.2) is 29.6 Å². The Balaban J connectivity index is 2.16. The van der Waals surface area contributed by atoms with Gasteiger partial charge in [0.25, 0.3) is 5.56 Å². The molecule has 1 fully saturated rings. The highest BCUT2D eigenvalue weighted by Gasteiger charge is 2.45. The molecule has 0 aliphatic heterocycles. The zero-order valence-electron chi connectivity index (χ0n) is 13.8. The summed E-state index contributed by atoms with van der Waals surface area (Å²) in [5.74, 6) is -0.531. The van der Waals surface area contributed by atoms with E-state index < -0.39 is 17.2 Å². The van der Waals surface area contributed by atoms with Crippen LogP contribution in [0, 0.1) is 0 Å². The highest BCUT2D eigenvalue weighted by atomic mass is 19.1. The summed E-state index contributed by atoms with van der Waals surface area (Å²) in [7, 11) is 0. The number of halogens is 1. The molecule has 0 unspecified atom stereocenters. The quantitative estimate of drug-likeness (QED) is 0.791. The maximum atomic E-state index is 14.3. The van der Waals surface area contributed by atoms with E-state index in [1.807, 2.05) is 0 Å². The smallest absolute Gasteiger partial charge is 0.327 e. The lowest BCUT2D eigenvalue weighted by Crippen LogP contribution is -2.29. The average Bonchev–Trinajstić information content (AvgIpc) is 3.28. The van der Waals surface area contributed by atoms with E-state index >= 15 is 0 Å². The van der Waals surface area contributed by atoms with Crippen molar-refractivity contribution in [3.63, 3.8) is 0 Å². The molecule has 126 valence electrons. The molecule has 1 heterocycles. The molecule has 24 heavy (non-hydrogen) atoms. The number of ether oxygens (including phenoxy) is 1. The van der Waals surface area contributed by atoms with E-state index in [9.17, 15) is 14.0 Å². The molecule has 3 rings (SSSR count). The van der Waals surface area contributed by atoms with Gasteiger partial charge in [-0.1, -0.05) is 12.6 Å². The van der Waals surface area contributed by atoms with E-state index in [0.717, 1.165) is 4.68 Å². The molecule has 0 spiro atoms. The van der Waals surface area contributed by atoms with Crippen molar-refractivity contribution >= 4 is 22.3 Å². The Morgan fingerprint density at radius 1 is 1.42 bits per heavy atom. The van der Waals surface area contributed by atoms with Crippen molar-refractivity contribution in [3.05, 3.63) is 46.4 Å². The van der Waals surface area contributed by atoms with Crippen molar-refractivity contribution in [2.75, 3.05) is 6.61 Å². The summed E-state index contributed by atoms with van der Waals surface area (Å²) in [6, 6.07) is 4.91. The summed E-state index contributed by atoms with van der Waals surface area (Å²) in [5, 5.41) is 5.20. The molecule has 1 aliphatic carbocycles. The predicted octanol–water partition coefficient (Wildman–Crippen LogP) is 2.95. The van der Waals surface area contributed by atoms with Crippen LogP contribution in [0.5, 0.6) is 0 Å². The van der Waals surface area contributed by atoms with Crippen LogP contribution in [0.1, 0.15) is 37.9 Å². The second-order valence-electron chi connectivity index (χ2n) is 6.12. The molecule has 0 N–H and O–H groups in total. The van der Waals surface area contributed by atoms with Crippen molar-refractivity contribution in [1.29, 1.82) is 0 Å². The van der Waals surface area contributed by atoms with E-state index in [-0.39, 0.29) is 13.2 Å². The molecule has 6 heteroatoms. The molecular weight excluding hydrogens is 311 g/mol. The first-order chi connectivity index (χ1) is 11.4. The van der Waals surface area contributed by atoms with Crippen LogP contribution in [0.3, 0.4) is 0 Å². The second-order valence-corrected chi connectivity index (χ2v) is 6.12. The van der Waals surface area contributed by atoms with E-state index in [2.05, 4.69) is 11.7 Å². The first kappa shape index (κ1) is 16.4. The third-order valence-corrected chi connectivity index (χ3v) is 4.16. The van der Waals surface area contributed by atoms with Crippen molar-refractivity contribution < 1.29 is 13.9 Å². The molecule has 0 saturated heterocycles. The van der Waals surface area contributed by atoms with Crippen molar-refractivity contribution in [3.8, 4) is 0 Å². The van der Waals surface area contributed by atoms with E-state index in [4.69, 9.17) is 4.74 Å². The molecule has 1 aromatic carbocycles. The molecular formula is C18H19FN2O3. The van der Waals surface area contributed by atoms with Gasteiger partial charge >= 0.3 is 5.97 Å². The van der Waals surface area contributed by atoms with Crippen molar-refractivity contribution in [2.24, 2.45) is 0 Å². The number of aromatic nitrogens is 2. The van der Waals surface area contributed by atoms with Gasteiger partial charge in [0.15, 0.2) is 0 Å². The van der Waals surface area contributed by atoms with Crippen LogP contribution < -0.4 is 5.56 Å². The maximum Gasteiger partial charge on any atom is 0.327 e.